The summed E-state index contributed by atoms with van der Waals surface area (Å²) in [7, 11) is 1.76. The molecule has 0 fully saturated rings. The number of rotatable bonds is 6. The molecule has 0 heterocycles. The maximum Gasteiger partial charge on any atom is 0.0374 e. The molecular formula is C18H26N2. The Bertz CT molecular complexity index is 496. The fourth-order valence-electron chi connectivity index (χ4n) is 1.61. The molecule has 2 heteroatoms. The Morgan fingerprint density at radius 3 is 2.15 bits per heavy atom. The molecule has 0 aliphatic heterocycles. The molecule has 0 aliphatic carbocycles. The summed E-state index contributed by atoms with van der Waals surface area (Å²) >= 11 is 0. The first-order valence-electron chi connectivity index (χ1n) is 6.82. The zero-order chi connectivity index (χ0) is 15.4. The number of aliphatic imine (C=N–C) groups is 2. The zero-order valence-electron chi connectivity index (χ0n) is 13.5. The summed E-state index contributed by atoms with van der Waals surface area (Å²) in [6.45, 7) is 10.2. The standard InChI is InChI=1S/C18H26N2/c1-7-10-15(3)16(4)13-18(11-9-12-19-6)14-17(5)20-8-2/h7-14H,1-6H3/b10-7-,11-9+,16-15+,17-14+,18-13-,19-12+,20-8-. The van der Waals surface area contributed by atoms with E-state index in [1.54, 1.807) is 19.5 Å². The number of nitrogens with zero attached hydrogens (tertiary/aromatic N) is 2. The predicted octanol–water partition coefficient (Wildman–Crippen LogP) is 5.08. The van der Waals surface area contributed by atoms with E-state index in [2.05, 4.69) is 42.1 Å². The monoisotopic (exact) mass is 270 g/mol. The van der Waals surface area contributed by atoms with Gasteiger partial charge in [0, 0.05) is 25.2 Å². The summed E-state index contributed by atoms with van der Waals surface area (Å²) in [4.78, 5) is 8.23. The van der Waals surface area contributed by atoms with Gasteiger partial charge in [-0.25, -0.2) is 0 Å². The van der Waals surface area contributed by atoms with Gasteiger partial charge in [-0.2, -0.15) is 0 Å². The molecule has 0 saturated carbocycles. The highest BCUT2D eigenvalue weighted by atomic mass is 14.7. The van der Waals surface area contributed by atoms with Crippen LogP contribution in [0.4, 0.5) is 0 Å². The molecule has 108 valence electrons. The SMILES string of the molecule is C\C=C/C(C)=C(C)/C=C(/C=C/C=N/C)\C=C(C)\N=C/C. The van der Waals surface area contributed by atoms with E-state index >= 15 is 0 Å². The van der Waals surface area contributed by atoms with Crippen LogP contribution in [0.15, 0.2) is 68.9 Å². The van der Waals surface area contributed by atoms with Crippen LogP contribution in [0.5, 0.6) is 0 Å². The molecule has 0 bridgehead atoms. The van der Waals surface area contributed by atoms with Crippen molar-refractivity contribution in [1.29, 1.82) is 0 Å². The van der Waals surface area contributed by atoms with E-state index in [0.29, 0.717) is 0 Å². The van der Waals surface area contributed by atoms with Crippen molar-refractivity contribution < 1.29 is 0 Å². The van der Waals surface area contributed by atoms with Gasteiger partial charge >= 0.3 is 0 Å². The lowest BCUT2D eigenvalue weighted by atomic mass is 10.1. The van der Waals surface area contributed by atoms with Crippen LogP contribution in [0.3, 0.4) is 0 Å². The van der Waals surface area contributed by atoms with Crippen molar-refractivity contribution in [2.24, 2.45) is 9.98 Å². The van der Waals surface area contributed by atoms with Crippen molar-refractivity contribution in [1.82, 2.24) is 0 Å². The van der Waals surface area contributed by atoms with Gasteiger partial charge in [0.25, 0.3) is 0 Å². The number of hydrogen-bond acceptors (Lipinski definition) is 2. The van der Waals surface area contributed by atoms with Crippen LogP contribution >= 0.6 is 0 Å². The van der Waals surface area contributed by atoms with Crippen LogP contribution in [-0.2, 0) is 0 Å². The van der Waals surface area contributed by atoms with Crippen molar-refractivity contribution in [3.8, 4) is 0 Å². The summed E-state index contributed by atoms with van der Waals surface area (Å²) in [5, 5.41) is 0. The smallest absolute Gasteiger partial charge is 0.0374 e. The second kappa shape index (κ2) is 10.9. The molecule has 2 nitrogen and oxygen atoms in total. The average Bonchev–Trinajstić information content (AvgIpc) is 2.39. The molecule has 0 radical (unpaired) electrons. The van der Waals surface area contributed by atoms with E-state index in [1.807, 2.05) is 39.0 Å². The van der Waals surface area contributed by atoms with Gasteiger partial charge in [-0.15, -0.1) is 0 Å². The van der Waals surface area contributed by atoms with Crippen molar-refractivity contribution in [3.05, 3.63) is 58.9 Å². The fourth-order valence-corrected chi connectivity index (χ4v) is 1.61. The zero-order valence-corrected chi connectivity index (χ0v) is 13.5. The van der Waals surface area contributed by atoms with E-state index in [0.717, 1.165) is 11.3 Å². The maximum atomic E-state index is 4.28. The van der Waals surface area contributed by atoms with Crippen LogP contribution in [0.2, 0.25) is 0 Å². The lowest BCUT2D eigenvalue weighted by Crippen LogP contribution is -1.82. The molecule has 0 aromatic carbocycles. The molecule has 0 unspecified atom stereocenters. The third kappa shape index (κ3) is 8.20. The highest BCUT2D eigenvalue weighted by Gasteiger charge is 1.94. The van der Waals surface area contributed by atoms with Crippen molar-refractivity contribution in [2.45, 2.75) is 34.6 Å². The van der Waals surface area contributed by atoms with Gasteiger partial charge in [0.1, 0.15) is 0 Å². The molecule has 0 aromatic heterocycles. The Morgan fingerprint density at radius 2 is 1.60 bits per heavy atom. The van der Waals surface area contributed by atoms with Crippen LogP contribution in [0.25, 0.3) is 0 Å². The minimum Gasteiger partial charge on any atom is -0.297 e. The normalized spacial score (nSPS) is 16.1. The molecule has 0 atom stereocenters. The van der Waals surface area contributed by atoms with Crippen molar-refractivity contribution in [3.63, 3.8) is 0 Å². The first kappa shape index (κ1) is 18.0. The molecule has 0 N–H and O–H groups in total. The molecule has 0 rings (SSSR count). The van der Waals surface area contributed by atoms with E-state index < -0.39 is 0 Å². The van der Waals surface area contributed by atoms with Crippen LogP contribution in [0.1, 0.15) is 34.6 Å². The second-order valence-electron chi connectivity index (χ2n) is 4.45. The minimum atomic E-state index is 0.980. The molecule has 0 saturated heterocycles. The third-order valence-corrected chi connectivity index (χ3v) is 2.65. The van der Waals surface area contributed by atoms with Gasteiger partial charge < -0.3 is 0 Å². The van der Waals surface area contributed by atoms with Crippen molar-refractivity contribution >= 4 is 12.4 Å². The summed E-state index contributed by atoms with van der Waals surface area (Å²) < 4.78 is 0. The first-order chi connectivity index (χ1) is 9.54. The van der Waals surface area contributed by atoms with E-state index in [9.17, 15) is 0 Å². The molecule has 20 heavy (non-hydrogen) atoms. The Morgan fingerprint density at radius 1 is 0.900 bits per heavy atom. The van der Waals surface area contributed by atoms with Gasteiger partial charge in [-0.1, -0.05) is 24.3 Å². The summed E-state index contributed by atoms with van der Waals surface area (Å²) in [5.74, 6) is 0. The molecule has 0 spiro atoms. The Balaban J connectivity index is 5.53. The van der Waals surface area contributed by atoms with E-state index in [4.69, 9.17) is 0 Å². The second-order valence-corrected chi connectivity index (χ2v) is 4.45. The molecule has 0 aromatic rings. The van der Waals surface area contributed by atoms with Crippen LogP contribution < -0.4 is 0 Å². The van der Waals surface area contributed by atoms with Gasteiger partial charge in [0.2, 0.25) is 0 Å². The Hall–Kier alpha value is -1.96. The largest absolute Gasteiger partial charge is 0.297 e. The van der Waals surface area contributed by atoms with E-state index in [-0.39, 0.29) is 0 Å². The molecule has 0 amide bonds. The van der Waals surface area contributed by atoms with Crippen LogP contribution in [-0.4, -0.2) is 19.5 Å². The summed E-state index contributed by atoms with van der Waals surface area (Å²) in [6.07, 6.45) is 15.9. The van der Waals surface area contributed by atoms with Gasteiger partial charge in [0.15, 0.2) is 0 Å². The third-order valence-electron chi connectivity index (χ3n) is 2.65. The quantitative estimate of drug-likeness (QED) is 0.475. The molecular weight excluding hydrogens is 244 g/mol. The lowest BCUT2D eigenvalue weighted by molar-refractivity contribution is 1.29. The van der Waals surface area contributed by atoms with Gasteiger partial charge in [0.05, 0.1) is 0 Å². The summed E-state index contributed by atoms with van der Waals surface area (Å²) in [6, 6.07) is 0. The van der Waals surface area contributed by atoms with Gasteiger partial charge in [-0.3, -0.25) is 9.98 Å². The van der Waals surface area contributed by atoms with Crippen LogP contribution in [0, 0.1) is 0 Å². The molecule has 0 aliphatic rings. The predicted molar refractivity (Wildman–Crippen MR) is 92.8 cm³/mol. The fraction of sp³-hybridized carbons (Fsp3) is 0.333. The Kier molecular flexibility index (Phi) is 9.85. The topological polar surface area (TPSA) is 24.7 Å². The number of hydrogen-bond donors (Lipinski definition) is 0. The first-order valence-corrected chi connectivity index (χ1v) is 6.82. The van der Waals surface area contributed by atoms with Crippen molar-refractivity contribution in [2.75, 3.05) is 7.05 Å². The van der Waals surface area contributed by atoms with Gasteiger partial charge in [-0.05, 0) is 63.5 Å². The lowest BCUT2D eigenvalue weighted by Gasteiger charge is -2.01. The number of allylic oxidation sites excluding steroid dienone is 10. The Labute approximate surface area is 123 Å². The minimum absolute atomic E-state index is 0.980. The van der Waals surface area contributed by atoms with E-state index in [1.165, 1.54) is 11.1 Å². The maximum absolute atomic E-state index is 4.28. The highest BCUT2D eigenvalue weighted by molar-refractivity contribution is 5.72. The highest BCUT2D eigenvalue weighted by Crippen LogP contribution is 2.13. The average molecular weight is 270 g/mol. The summed E-state index contributed by atoms with van der Waals surface area (Å²) in [5.41, 5.74) is 4.58.